The first kappa shape index (κ1) is 16.4. The van der Waals surface area contributed by atoms with E-state index in [0.29, 0.717) is 11.7 Å². The molecule has 5 heteroatoms. The molecule has 0 aromatic carbocycles. The molecule has 0 radical (unpaired) electrons. The standard InChI is InChI=1S/C15H25N3O2/c1-5-16-8-13-6-7-14(9-17-13)20-10-15(19)18-12(4)11(2)3/h6-7,9,11-12,16H,5,8,10H2,1-4H3,(H,18,19). The van der Waals surface area contributed by atoms with Gasteiger partial charge in [-0.05, 0) is 31.5 Å². The first-order valence-electron chi connectivity index (χ1n) is 7.10. The Balaban J connectivity index is 2.36. The van der Waals surface area contributed by atoms with Crippen molar-refractivity contribution >= 4 is 5.91 Å². The highest BCUT2D eigenvalue weighted by molar-refractivity contribution is 5.77. The van der Waals surface area contributed by atoms with Crippen LogP contribution in [0.1, 0.15) is 33.4 Å². The van der Waals surface area contributed by atoms with Gasteiger partial charge in [0.15, 0.2) is 6.61 Å². The van der Waals surface area contributed by atoms with E-state index in [9.17, 15) is 4.79 Å². The van der Waals surface area contributed by atoms with Crippen molar-refractivity contribution in [2.24, 2.45) is 5.92 Å². The van der Waals surface area contributed by atoms with E-state index in [1.54, 1.807) is 6.20 Å². The van der Waals surface area contributed by atoms with Crippen molar-refractivity contribution in [3.05, 3.63) is 24.0 Å². The minimum absolute atomic E-state index is 0.0191. The molecule has 0 fully saturated rings. The van der Waals surface area contributed by atoms with Crippen LogP contribution in [0.25, 0.3) is 0 Å². The molecule has 0 aliphatic carbocycles. The van der Waals surface area contributed by atoms with Gasteiger partial charge < -0.3 is 15.4 Å². The predicted octanol–water partition coefficient (Wildman–Crippen LogP) is 1.73. The summed E-state index contributed by atoms with van der Waals surface area (Å²) in [5.41, 5.74) is 0.956. The third-order valence-electron chi connectivity index (χ3n) is 3.11. The molecule has 2 N–H and O–H groups in total. The maximum absolute atomic E-state index is 11.7. The van der Waals surface area contributed by atoms with Crippen molar-refractivity contribution in [3.63, 3.8) is 0 Å². The fraction of sp³-hybridized carbons (Fsp3) is 0.600. The van der Waals surface area contributed by atoms with Gasteiger partial charge in [-0.25, -0.2) is 0 Å². The number of rotatable bonds is 8. The first-order valence-corrected chi connectivity index (χ1v) is 7.10. The van der Waals surface area contributed by atoms with E-state index >= 15 is 0 Å². The third kappa shape index (κ3) is 6.02. The Kier molecular flexibility index (Phi) is 7.01. The number of hydrogen-bond donors (Lipinski definition) is 2. The van der Waals surface area contributed by atoms with E-state index in [4.69, 9.17) is 4.74 Å². The van der Waals surface area contributed by atoms with Crippen molar-refractivity contribution in [2.75, 3.05) is 13.2 Å². The molecular formula is C15H25N3O2. The average molecular weight is 279 g/mol. The van der Waals surface area contributed by atoms with Crippen molar-refractivity contribution in [1.29, 1.82) is 0 Å². The second-order valence-electron chi connectivity index (χ2n) is 5.15. The topological polar surface area (TPSA) is 63.2 Å². The van der Waals surface area contributed by atoms with Crippen LogP contribution in [0.15, 0.2) is 18.3 Å². The van der Waals surface area contributed by atoms with Gasteiger partial charge in [-0.3, -0.25) is 9.78 Å². The van der Waals surface area contributed by atoms with Crippen molar-refractivity contribution < 1.29 is 9.53 Å². The van der Waals surface area contributed by atoms with Crippen LogP contribution in [0.3, 0.4) is 0 Å². The van der Waals surface area contributed by atoms with Crippen LogP contribution >= 0.6 is 0 Å². The van der Waals surface area contributed by atoms with Crippen LogP contribution in [0, 0.1) is 5.92 Å². The minimum Gasteiger partial charge on any atom is -0.482 e. The molecule has 1 aromatic heterocycles. The van der Waals surface area contributed by atoms with Gasteiger partial charge in [0.1, 0.15) is 5.75 Å². The van der Waals surface area contributed by atoms with Gasteiger partial charge >= 0.3 is 0 Å². The molecule has 5 nitrogen and oxygen atoms in total. The number of aromatic nitrogens is 1. The number of amides is 1. The second-order valence-corrected chi connectivity index (χ2v) is 5.15. The van der Waals surface area contributed by atoms with Crippen LogP contribution in [0.4, 0.5) is 0 Å². The van der Waals surface area contributed by atoms with Crippen molar-refractivity contribution in [3.8, 4) is 5.75 Å². The van der Waals surface area contributed by atoms with Crippen LogP contribution in [0.2, 0.25) is 0 Å². The largest absolute Gasteiger partial charge is 0.482 e. The lowest BCUT2D eigenvalue weighted by Gasteiger charge is -2.17. The van der Waals surface area contributed by atoms with Gasteiger partial charge in [0.2, 0.25) is 0 Å². The monoisotopic (exact) mass is 279 g/mol. The molecule has 1 rings (SSSR count). The summed E-state index contributed by atoms with van der Waals surface area (Å²) in [6, 6.07) is 3.87. The molecular weight excluding hydrogens is 254 g/mol. The van der Waals surface area contributed by atoms with Crippen LogP contribution in [-0.4, -0.2) is 30.1 Å². The number of hydrogen-bond acceptors (Lipinski definition) is 4. The van der Waals surface area contributed by atoms with Crippen molar-refractivity contribution in [1.82, 2.24) is 15.6 Å². The minimum atomic E-state index is -0.108. The van der Waals surface area contributed by atoms with Crippen LogP contribution in [0.5, 0.6) is 5.75 Å². The molecule has 0 aliphatic heterocycles. The Hall–Kier alpha value is -1.62. The molecule has 1 heterocycles. The molecule has 0 saturated carbocycles. The van der Waals surface area contributed by atoms with Gasteiger partial charge in [0.05, 0.1) is 11.9 Å². The summed E-state index contributed by atoms with van der Waals surface area (Å²) >= 11 is 0. The maximum atomic E-state index is 11.7. The van der Waals surface area contributed by atoms with Gasteiger partial charge in [-0.1, -0.05) is 20.8 Å². The molecule has 0 spiro atoms. The highest BCUT2D eigenvalue weighted by Gasteiger charge is 2.11. The normalized spacial score (nSPS) is 12.2. The first-order chi connectivity index (χ1) is 9.52. The lowest BCUT2D eigenvalue weighted by molar-refractivity contribution is -0.124. The molecule has 1 atom stereocenters. The smallest absolute Gasteiger partial charge is 0.258 e. The summed E-state index contributed by atoms with van der Waals surface area (Å²) < 4.78 is 5.41. The molecule has 0 aliphatic rings. The number of nitrogens with zero attached hydrogens (tertiary/aromatic N) is 1. The average Bonchev–Trinajstić information content (AvgIpc) is 2.43. The fourth-order valence-corrected chi connectivity index (χ4v) is 1.47. The molecule has 0 bridgehead atoms. The van der Waals surface area contributed by atoms with Crippen molar-refractivity contribution in [2.45, 2.75) is 40.3 Å². The molecule has 0 saturated heterocycles. The maximum Gasteiger partial charge on any atom is 0.258 e. The Morgan fingerprint density at radius 1 is 1.35 bits per heavy atom. The molecule has 1 aromatic rings. The van der Waals surface area contributed by atoms with E-state index in [1.165, 1.54) is 0 Å². The SMILES string of the molecule is CCNCc1ccc(OCC(=O)NC(C)C(C)C)cn1. The summed E-state index contributed by atoms with van der Waals surface area (Å²) in [7, 11) is 0. The number of carbonyl (C=O) groups is 1. The van der Waals surface area contributed by atoms with Gasteiger partial charge in [-0.2, -0.15) is 0 Å². The summed E-state index contributed by atoms with van der Waals surface area (Å²) in [4.78, 5) is 15.9. The highest BCUT2D eigenvalue weighted by Crippen LogP contribution is 2.09. The third-order valence-corrected chi connectivity index (χ3v) is 3.11. The molecule has 20 heavy (non-hydrogen) atoms. The Labute approximate surface area is 121 Å². The number of ether oxygens (including phenoxy) is 1. The summed E-state index contributed by atoms with van der Waals surface area (Å²) in [6.07, 6.45) is 1.64. The molecule has 1 unspecified atom stereocenters. The van der Waals surface area contributed by atoms with E-state index in [-0.39, 0.29) is 18.6 Å². The Bertz CT molecular complexity index is 404. The fourth-order valence-electron chi connectivity index (χ4n) is 1.47. The highest BCUT2D eigenvalue weighted by atomic mass is 16.5. The number of pyridine rings is 1. The summed E-state index contributed by atoms with van der Waals surface area (Å²) in [6.45, 7) is 9.84. The molecule has 1 amide bonds. The zero-order valence-electron chi connectivity index (χ0n) is 12.8. The molecule has 112 valence electrons. The van der Waals surface area contributed by atoms with Gasteiger partial charge in [0.25, 0.3) is 5.91 Å². The Morgan fingerprint density at radius 2 is 2.10 bits per heavy atom. The zero-order valence-corrected chi connectivity index (χ0v) is 12.8. The van der Waals surface area contributed by atoms with Gasteiger partial charge in [-0.15, -0.1) is 0 Å². The quantitative estimate of drug-likeness (QED) is 0.760. The Morgan fingerprint density at radius 3 is 2.65 bits per heavy atom. The number of carbonyl (C=O) groups excluding carboxylic acids is 1. The summed E-state index contributed by atoms with van der Waals surface area (Å²) in [5.74, 6) is 0.909. The lowest BCUT2D eigenvalue weighted by Crippen LogP contribution is -2.38. The summed E-state index contributed by atoms with van der Waals surface area (Å²) in [5, 5.41) is 6.09. The lowest BCUT2D eigenvalue weighted by atomic mass is 10.1. The number of nitrogens with one attached hydrogen (secondary N) is 2. The second kappa shape index (κ2) is 8.53. The van der Waals surface area contributed by atoms with E-state index in [2.05, 4.69) is 29.5 Å². The van der Waals surface area contributed by atoms with E-state index in [0.717, 1.165) is 18.8 Å². The zero-order chi connectivity index (χ0) is 15.0. The van der Waals surface area contributed by atoms with E-state index < -0.39 is 0 Å². The predicted molar refractivity (Wildman–Crippen MR) is 79.6 cm³/mol. The van der Waals surface area contributed by atoms with E-state index in [1.807, 2.05) is 26.0 Å². The van der Waals surface area contributed by atoms with Crippen LogP contribution in [-0.2, 0) is 11.3 Å². The van der Waals surface area contributed by atoms with Gasteiger partial charge in [0, 0.05) is 12.6 Å². The van der Waals surface area contributed by atoms with Crippen LogP contribution < -0.4 is 15.4 Å².